The van der Waals surface area contributed by atoms with Crippen LogP contribution in [0.1, 0.15) is 155 Å². The number of phosphoric acid groups is 1. The molecule has 39 heavy (non-hydrogen) atoms. The van der Waals surface area contributed by atoms with E-state index in [9.17, 15) is 9.46 Å². The number of hydrogen-bond acceptors (Lipinski definition) is 5. The van der Waals surface area contributed by atoms with Gasteiger partial charge in [-0.1, -0.05) is 142 Å². The molecule has 0 amide bonds. The van der Waals surface area contributed by atoms with Crippen LogP contribution in [0.2, 0.25) is 0 Å². The third-order valence-electron chi connectivity index (χ3n) is 6.75. The van der Waals surface area contributed by atoms with Gasteiger partial charge in [0.2, 0.25) is 0 Å². The fourth-order valence-electron chi connectivity index (χ4n) is 4.40. The molecule has 6 nitrogen and oxygen atoms in total. The van der Waals surface area contributed by atoms with E-state index in [-0.39, 0.29) is 13.2 Å². The zero-order valence-electron chi connectivity index (χ0n) is 27.9. The maximum Gasteiger partial charge on any atom is 0.472 e. The van der Waals surface area contributed by atoms with Crippen LogP contribution in [-0.4, -0.2) is 54.7 Å². The molecule has 1 atom stereocenters. The van der Waals surface area contributed by atoms with Crippen LogP contribution in [0.5, 0.6) is 0 Å². The second-order valence-corrected chi connectivity index (χ2v) is 11.9. The molecule has 0 saturated heterocycles. The van der Waals surface area contributed by atoms with Crippen LogP contribution < -0.4 is 0 Å². The van der Waals surface area contributed by atoms with Gasteiger partial charge >= 0.3 is 7.82 Å². The van der Waals surface area contributed by atoms with Gasteiger partial charge in [-0.25, -0.2) is 4.57 Å². The molecule has 236 valence electrons. The molecule has 0 aliphatic heterocycles. The lowest BCUT2D eigenvalue weighted by Gasteiger charge is -2.12. The first-order valence-electron chi connectivity index (χ1n) is 17.4. The lowest BCUT2D eigenvalue weighted by molar-refractivity contribution is 0.0564. The Bertz CT molecular complexity index is 498. The summed E-state index contributed by atoms with van der Waals surface area (Å²) in [7, 11) is -2.78. The first-order valence-corrected chi connectivity index (χ1v) is 18.4. The van der Waals surface area contributed by atoms with Crippen LogP contribution in [0.4, 0.5) is 0 Å². The van der Waals surface area contributed by atoms with E-state index < -0.39 is 15.3 Å². The molecule has 0 spiro atoms. The van der Waals surface area contributed by atoms with Crippen molar-refractivity contribution < 1.29 is 28.0 Å². The van der Waals surface area contributed by atoms with Crippen LogP contribution in [-0.2, 0) is 23.1 Å². The zero-order chi connectivity index (χ0) is 30.7. The molecular weight excluding hydrogens is 529 g/mol. The zero-order valence-corrected chi connectivity index (χ0v) is 27.9. The van der Waals surface area contributed by atoms with Crippen molar-refractivity contribution in [3.8, 4) is 0 Å². The number of hydrogen-bond donors (Lipinski definition) is 1. The first-order chi connectivity index (χ1) is 19.9. The van der Waals surface area contributed by atoms with Crippen molar-refractivity contribution in [2.45, 2.75) is 155 Å². The van der Waals surface area contributed by atoms with E-state index >= 15 is 0 Å². The number of rotatable bonds is 32. The summed E-state index contributed by atoms with van der Waals surface area (Å²) in [6.07, 6.45) is 28.7. The van der Waals surface area contributed by atoms with Crippen LogP contribution in [0.15, 0.2) is 0 Å². The quantitative estimate of drug-likeness (QED) is 0.0472. The SMILES string of the molecule is CCCCCCCCCCCCCOCCOP(=O)(O)OCCOCCCCCCCCCCCCC.[2H]B([3H])P. The van der Waals surface area contributed by atoms with Gasteiger partial charge in [0, 0.05) is 13.2 Å². The van der Waals surface area contributed by atoms with Crippen molar-refractivity contribution >= 4 is 24.4 Å². The van der Waals surface area contributed by atoms with E-state index in [1.165, 1.54) is 128 Å². The summed E-state index contributed by atoms with van der Waals surface area (Å²) in [4.78, 5) is 9.72. The summed E-state index contributed by atoms with van der Waals surface area (Å²) in [6.45, 7) is 6.59. The third kappa shape index (κ3) is 38.5. The van der Waals surface area contributed by atoms with Gasteiger partial charge in [-0.3, -0.25) is 9.05 Å². The average Bonchev–Trinajstić information content (AvgIpc) is 2.92. The lowest BCUT2D eigenvalue weighted by atomic mass is 10.1. The standard InChI is InChI=1S/C30H63O6P.BH4P/c1-3-5-7-9-11-13-15-17-19-21-23-25-33-27-29-35-37(31,32)36-30-28-34-26-24-22-20-18-16-14-12-10-8-6-4-2;1-2/h3-30H2,1-2H3,(H,31,32);1-2H2/i;1TD. The molecule has 1 N–H and O–H groups in total. The van der Waals surface area contributed by atoms with Crippen LogP contribution >= 0.6 is 16.9 Å². The fourth-order valence-corrected chi connectivity index (χ4v) is 5.09. The van der Waals surface area contributed by atoms with E-state index in [0.717, 1.165) is 12.8 Å². The Morgan fingerprint density at radius 3 is 1.13 bits per heavy atom. The molecule has 0 aliphatic rings. The van der Waals surface area contributed by atoms with Gasteiger partial charge in [-0.2, -0.15) is 9.12 Å². The van der Waals surface area contributed by atoms with E-state index in [2.05, 4.69) is 13.8 Å². The van der Waals surface area contributed by atoms with E-state index in [1.54, 1.807) is 0 Å². The molecule has 0 aliphatic carbocycles. The normalized spacial score (nSPS) is 12.1. The highest BCUT2D eigenvalue weighted by Gasteiger charge is 2.20. The maximum absolute atomic E-state index is 11.9. The Labute approximate surface area is 249 Å². The predicted octanol–water partition coefficient (Wildman–Crippen LogP) is 9.18. The van der Waals surface area contributed by atoms with Crippen molar-refractivity contribution in [1.29, 1.82) is 2.67 Å². The van der Waals surface area contributed by atoms with Crippen LogP contribution in [0, 0.1) is 0 Å². The molecule has 0 saturated carbocycles. The highest BCUT2D eigenvalue weighted by atomic mass is 31.2. The minimum absolute atomic E-state index is 0.0609. The second kappa shape index (κ2) is 36.6. The minimum atomic E-state index is -4.03. The van der Waals surface area contributed by atoms with Crippen LogP contribution in [0.25, 0.3) is 0 Å². The van der Waals surface area contributed by atoms with Gasteiger partial charge in [0.1, 0.15) is 7.49 Å². The van der Waals surface area contributed by atoms with Crippen molar-refractivity contribution in [3.05, 3.63) is 0 Å². The first kappa shape index (κ1) is 37.6. The number of phosphoric ester groups is 1. The summed E-state index contributed by atoms with van der Waals surface area (Å²) in [5.41, 5.74) is 0. The van der Waals surface area contributed by atoms with Crippen molar-refractivity contribution in [2.75, 3.05) is 39.6 Å². The van der Waals surface area contributed by atoms with E-state index in [1.807, 2.05) is 9.12 Å². The molecule has 0 bridgehead atoms. The van der Waals surface area contributed by atoms with E-state index in [0.29, 0.717) is 26.4 Å². The van der Waals surface area contributed by atoms with Gasteiger partial charge in [0.15, 0.2) is 0 Å². The second-order valence-electron chi connectivity index (χ2n) is 10.4. The van der Waals surface area contributed by atoms with Gasteiger partial charge < -0.3 is 14.4 Å². The van der Waals surface area contributed by atoms with Gasteiger partial charge in [-0.05, 0) is 15.5 Å². The smallest absolute Gasteiger partial charge is 0.379 e. The predicted molar refractivity (Wildman–Crippen MR) is 175 cm³/mol. The summed E-state index contributed by atoms with van der Waals surface area (Å²) < 4.78 is 45.2. The van der Waals surface area contributed by atoms with E-state index in [4.69, 9.17) is 21.2 Å². The Morgan fingerprint density at radius 2 is 0.846 bits per heavy atom. The van der Waals surface area contributed by atoms with Crippen molar-refractivity contribution in [1.82, 2.24) is 0 Å². The monoisotopic (exact) mass is 599 g/mol. The molecular formula is C30H67BO6P2. The molecule has 9 heteroatoms. The fraction of sp³-hybridized carbons (Fsp3) is 1.00. The number of unbranched alkanes of at least 4 members (excludes halogenated alkanes) is 20. The molecule has 0 aromatic rings. The molecule has 0 radical (unpaired) electrons. The summed E-state index contributed by atoms with van der Waals surface area (Å²) >= 11 is 0. The maximum atomic E-state index is 11.9. The van der Waals surface area contributed by atoms with Crippen LogP contribution in [0.3, 0.4) is 0 Å². The Balaban J connectivity index is 0. The number of ether oxygens (including phenoxy) is 2. The van der Waals surface area contributed by atoms with Gasteiger partial charge in [0.25, 0.3) is 0 Å². The highest BCUT2D eigenvalue weighted by molar-refractivity contribution is 7.49. The summed E-state index contributed by atoms with van der Waals surface area (Å²) in [6, 6.07) is 0. The Hall–Kier alpha value is 0.525. The molecule has 0 rings (SSSR count). The molecule has 1 unspecified atom stereocenters. The molecule has 0 aromatic carbocycles. The molecule has 0 heterocycles. The topological polar surface area (TPSA) is 74.2 Å². The Morgan fingerprint density at radius 1 is 0.590 bits per heavy atom. The van der Waals surface area contributed by atoms with Gasteiger partial charge in [-0.15, -0.1) is 0 Å². The third-order valence-corrected chi connectivity index (χ3v) is 7.77. The van der Waals surface area contributed by atoms with Gasteiger partial charge in [0.05, 0.1) is 26.4 Å². The molecule has 0 fully saturated rings. The summed E-state index contributed by atoms with van der Waals surface area (Å²) in [5.74, 6) is 0. The largest absolute Gasteiger partial charge is 0.472 e. The lowest BCUT2D eigenvalue weighted by Crippen LogP contribution is -2.08. The van der Waals surface area contributed by atoms with Crippen molar-refractivity contribution in [3.63, 3.8) is 0 Å². The van der Waals surface area contributed by atoms with Crippen molar-refractivity contribution in [2.24, 2.45) is 0 Å². The Kier molecular flexibility index (Phi) is 35.2. The summed E-state index contributed by atoms with van der Waals surface area (Å²) in [5, 5.41) is 0. The molecule has 0 aromatic heterocycles. The highest BCUT2D eigenvalue weighted by Crippen LogP contribution is 2.42. The minimum Gasteiger partial charge on any atom is -0.379 e. The average molecular weight is 600 g/mol.